The highest BCUT2D eigenvalue weighted by Crippen LogP contribution is 2.24. The topological polar surface area (TPSA) is 87.9 Å². The summed E-state index contributed by atoms with van der Waals surface area (Å²) in [7, 11) is 2.78. The van der Waals surface area contributed by atoms with Gasteiger partial charge in [0.25, 0.3) is 0 Å². The van der Waals surface area contributed by atoms with Crippen LogP contribution in [0.4, 0.5) is 0 Å². The number of nitrogens with zero attached hydrogens (tertiary/aromatic N) is 2. The number of benzene rings is 3. The van der Waals surface area contributed by atoms with E-state index in [9.17, 15) is 4.79 Å². The Morgan fingerprint density at radius 1 is 0.895 bits per heavy atom. The van der Waals surface area contributed by atoms with E-state index in [1.165, 1.54) is 20.5 Å². The molecule has 0 bridgehead atoms. The van der Waals surface area contributed by atoms with Crippen LogP contribution >= 0.6 is 11.6 Å². The molecule has 0 aliphatic carbocycles. The zero-order valence-electron chi connectivity index (χ0n) is 21.6. The lowest BCUT2D eigenvalue weighted by molar-refractivity contribution is -0.133. The van der Waals surface area contributed by atoms with Gasteiger partial charge < -0.3 is 23.9 Å². The van der Waals surface area contributed by atoms with Crippen LogP contribution in [-0.4, -0.2) is 38.2 Å². The van der Waals surface area contributed by atoms with Gasteiger partial charge in [0.05, 0.1) is 20.5 Å². The van der Waals surface area contributed by atoms with Crippen molar-refractivity contribution in [3.8, 4) is 11.5 Å². The number of esters is 1. The summed E-state index contributed by atoms with van der Waals surface area (Å²) < 4.78 is 15.8. The fourth-order valence-corrected chi connectivity index (χ4v) is 3.50. The summed E-state index contributed by atoms with van der Waals surface area (Å²) in [5.41, 5.74) is 3.39. The van der Waals surface area contributed by atoms with Gasteiger partial charge in [-0.2, -0.15) is 0 Å². The van der Waals surface area contributed by atoms with Gasteiger partial charge in [0, 0.05) is 16.1 Å². The van der Waals surface area contributed by atoms with E-state index in [-0.39, 0.29) is 12.2 Å². The van der Waals surface area contributed by atoms with Crippen molar-refractivity contribution in [2.45, 2.75) is 20.5 Å². The molecular formula is C29H29ClN2O6. The number of hydrogen-bond donors (Lipinski definition) is 0. The van der Waals surface area contributed by atoms with E-state index in [1.807, 2.05) is 49.4 Å². The third-order valence-corrected chi connectivity index (χ3v) is 5.43. The van der Waals surface area contributed by atoms with Gasteiger partial charge in [-0.25, -0.2) is 4.79 Å². The molecule has 0 saturated carbocycles. The molecule has 0 amide bonds. The zero-order valence-corrected chi connectivity index (χ0v) is 22.4. The largest absolute Gasteiger partial charge is 0.503 e. The Labute approximate surface area is 227 Å². The first kappa shape index (κ1) is 28.3. The van der Waals surface area contributed by atoms with Crippen molar-refractivity contribution < 1.29 is 28.7 Å². The highest BCUT2D eigenvalue weighted by molar-refractivity contribution is 6.47. The van der Waals surface area contributed by atoms with Crippen LogP contribution in [0.5, 0.6) is 11.5 Å². The minimum atomic E-state index is -0.520. The van der Waals surface area contributed by atoms with Crippen LogP contribution < -0.4 is 4.74 Å². The molecule has 3 rings (SSSR count). The van der Waals surface area contributed by atoms with Crippen molar-refractivity contribution in [1.82, 2.24) is 0 Å². The van der Waals surface area contributed by atoms with E-state index in [1.54, 1.807) is 37.3 Å². The third-order valence-electron chi connectivity index (χ3n) is 5.17. The molecule has 0 fully saturated rings. The number of halogens is 1. The molecule has 0 N–H and O–H groups in total. The molecular weight excluding hydrogens is 508 g/mol. The Kier molecular flexibility index (Phi) is 10.7. The Balaban J connectivity index is 1.77. The van der Waals surface area contributed by atoms with Gasteiger partial charge in [-0.1, -0.05) is 46.2 Å². The van der Waals surface area contributed by atoms with Crippen LogP contribution in [0.15, 0.2) is 89.4 Å². The van der Waals surface area contributed by atoms with E-state index >= 15 is 0 Å². The number of methoxy groups -OCH3 is 2. The molecule has 8 nitrogen and oxygen atoms in total. The van der Waals surface area contributed by atoms with Crippen LogP contribution in [0.3, 0.4) is 0 Å². The minimum absolute atomic E-state index is 0.0986. The summed E-state index contributed by atoms with van der Waals surface area (Å²) in [6, 6.07) is 21.8. The van der Waals surface area contributed by atoms with E-state index in [2.05, 4.69) is 10.3 Å². The monoisotopic (exact) mass is 536 g/mol. The average molecular weight is 537 g/mol. The summed E-state index contributed by atoms with van der Waals surface area (Å²) in [6.45, 7) is 4.11. The zero-order chi connectivity index (χ0) is 27.3. The van der Waals surface area contributed by atoms with Crippen LogP contribution in [-0.2, 0) is 30.6 Å². The normalized spacial score (nSPS) is 12.1. The molecule has 0 saturated heterocycles. The van der Waals surface area contributed by atoms with Crippen molar-refractivity contribution in [3.63, 3.8) is 0 Å². The standard InChI is InChI=1S/C29H29ClN2O6/c1-5-36-32-28(21-10-14-24(15-11-21)38-25-16-12-23(30)13-17-25)20(2)31-37-18-22-8-6-7-9-26(22)27(19-34-3)29(33)35-4/h6-17,19H,5,18H2,1-4H3. The molecule has 0 radical (unpaired) electrons. The van der Waals surface area contributed by atoms with Gasteiger partial charge in [-0.15, -0.1) is 0 Å². The molecule has 0 heterocycles. The maximum Gasteiger partial charge on any atom is 0.341 e. The molecule has 0 aliphatic rings. The van der Waals surface area contributed by atoms with Gasteiger partial charge in [0.1, 0.15) is 41.7 Å². The number of oxime groups is 2. The molecule has 0 unspecified atom stereocenters. The Hall–Kier alpha value is -4.30. The van der Waals surface area contributed by atoms with Crippen molar-refractivity contribution in [2.75, 3.05) is 20.8 Å². The van der Waals surface area contributed by atoms with Crippen molar-refractivity contribution in [1.29, 1.82) is 0 Å². The van der Waals surface area contributed by atoms with Crippen LogP contribution in [0.2, 0.25) is 5.02 Å². The first-order chi connectivity index (χ1) is 18.5. The molecule has 38 heavy (non-hydrogen) atoms. The molecule has 198 valence electrons. The van der Waals surface area contributed by atoms with Gasteiger partial charge in [-0.3, -0.25) is 0 Å². The lowest BCUT2D eigenvalue weighted by Crippen LogP contribution is -2.14. The number of carbonyl (C=O) groups is 1. The van der Waals surface area contributed by atoms with Crippen LogP contribution in [0, 0.1) is 0 Å². The summed E-state index contributed by atoms with van der Waals surface area (Å²) in [5.74, 6) is 0.806. The smallest absolute Gasteiger partial charge is 0.341 e. The Morgan fingerprint density at radius 2 is 1.55 bits per heavy atom. The molecule has 0 spiro atoms. The Morgan fingerprint density at radius 3 is 2.18 bits per heavy atom. The summed E-state index contributed by atoms with van der Waals surface area (Å²) in [4.78, 5) is 23.2. The second-order valence-electron chi connectivity index (χ2n) is 7.80. The van der Waals surface area contributed by atoms with Crippen LogP contribution in [0.25, 0.3) is 5.57 Å². The second-order valence-corrected chi connectivity index (χ2v) is 8.24. The average Bonchev–Trinajstić information content (AvgIpc) is 2.94. The number of ether oxygens (including phenoxy) is 3. The lowest BCUT2D eigenvalue weighted by Gasteiger charge is -2.11. The quantitative estimate of drug-likeness (QED) is 0.0849. The molecule has 3 aromatic rings. The SMILES string of the molecule is CCON=C(C(C)=NOCc1ccccc1C(=COC)C(=O)OC)c1ccc(Oc2ccc(Cl)cc2)cc1. The molecule has 9 heteroatoms. The summed E-state index contributed by atoms with van der Waals surface area (Å²) >= 11 is 5.94. The molecule has 0 atom stereocenters. The van der Waals surface area contributed by atoms with Gasteiger partial charge in [-0.05, 0) is 67.9 Å². The lowest BCUT2D eigenvalue weighted by atomic mass is 10.0. The predicted octanol–water partition coefficient (Wildman–Crippen LogP) is 6.63. The number of rotatable bonds is 12. The van der Waals surface area contributed by atoms with Crippen molar-refractivity contribution in [2.24, 2.45) is 10.3 Å². The first-order valence-electron chi connectivity index (χ1n) is 11.8. The van der Waals surface area contributed by atoms with E-state index in [4.69, 9.17) is 35.5 Å². The van der Waals surface area contributed by atoms with Crippen molar-refractivity contribution >= 4 is 34.6 Å². The fourth-order valence-electron chi connectivity index (χ4n) is 3.38. The van der Waals surface area contributed by atoms with Crippen LogP contribution in [0.1, 0.15) is 30.5 Å². The minimum Gasteiger partial charge on any atom is -0.503 e. The van der Waals surface area contributed by atoms with Gasteiger partial charge in [0.2, 0.25) is 0 Å². The fraction of sp³-hybridized carbons (Fsp3) is 0.207. The third kappa shape index (κ3) is 7.85. The predicted molar refractivity (Wildman–Crippen MR) is 147 cm³/mol. The highest BCUT2D eigenvalue weighted by atomic mass is 35.5. The number of hydrogen-bond acceptors (Lipinski definition) is 8. The molecule has 0 aromatic heterocycles. The van der Waals surface area contributed by atoms with Gasteiger partial charge >= 0.3 is 5.97 Å². The maximum absolute atomic E-state index is 12.2. The van der Waals surface area contributed by atoms with Crippen molar-refractivity contribution in [3.05, 3.63) is 101 Å². The van der Waals surface area contributed by atoms with E-state index < -0.39 is 5.97 Å². The highest BCUT2D eigenvalue weighted by Gasteiger charge is 2.17. The summed E-state index contributed by atoms with van der Waals surface area (Å²) in [5, 5.41) is 9.12. The number of carbonyl (C=O) groups excluding carboxylic acids is 1. The van der Waals surface area contributed by atoms with E-state index in [0.717, 1.165) is 11.1 Å². The second kappa shape index (κ2) is 14.4. The maximum atomic E-state index is 12.2. The van der Waals surface area contributed by atoms with Gasteiger partial charge in [0.15, 0.2) is 0 Å². The summed E-state index contributed by atoms with van der Waals surface area (Å²) in [6.07, 6.45) is 1.34. The first-order valence-corrected chi connectivity index (χ1v) is 12.1. The Bertz CT molecular complexity index is 1300. The molecule has 3 aromatic carbocycles. The molecule has 0 aliphatic heterocycles. The van der Waals surface area contributed by atoms with E-state index in [0.29, 0.717) is 40.1 Å².